The molecule has 0 radical (unpaired) electrons. The van der Waals surface area contributed by atoms with Crippen molar-refractivity contribution in [3.63, 3.8) is 0 Å². The third kappa shape index (κ3) is 5.77. The van der Waals surface area contributed by atoms with Gasteiger partial charge in [0.25, 0.3) is 5.91 Å². The molecule has 0 bridgehead atoms. The maximum atomic E-state index is 13.7. The van der Waals surface area contributed by atoms with Crippen LogP contribution in [-0.4, -0.2) is 29.3 Å². The van der Waals surface area contributed by atoms with Crippen molar-refractivity contribution >= 4 is 11.8 Å². The first-order valence-electron chi connectivity index (χ1n) is 12.3. The van der Waals surface area contributed by atoms with Crippen molar-refractivity contribution in [3.05, 3.63) is 94.9 Å². The Bertz CT molecular complexity index is 1080. The molecule has 0 unspecified atom stereocenters. The Labute approximate surface area is 202 Å². The smallest absolute Gasteiger partial charge is 0.290 e. The van der Waals surface area contributed by atoms with Crippen molar-refractivity contribution in [1.29, 1.82) is 0 Å². The third-order valence-electron chi connectivity index (χ3n) is 6.68. The van der Waals surface area contributed by atoms with Crippen LogP contribution >= 0.6 is 0 Å². The van der Waals surface area contributed by atoms with Gasteiger partial charge in [-0.15, -0.1) is 0 Å². The van der Waals surface area contributed by atoms with Crippen LogP contribution in [0.1, 0.15) is 71.5 Å². The summed E-state index contributed by atoms with van der Waals surface area (Å²) in [6.07, 6.45) is 7.29. The minimum Gasteiger partial charge on any atom is -0.459 e. The van der Waals surface area contributed by atoms with E-state index in [9.17, 15) is 9.59 Å². The van der Waals surface area contributed by atoms with Gasteiger partial charge in [0.1, 0.15) is 6.04 Å². The minimum atomic E-state index is -0.728. The van der Waals surface area contributed by atoms with Crippen molar-refractivity contribution in [2.75, 3.05) is 6.54 Å². The van der Waals surface area contributed by atoms with Gasteiger partial charge in [-0.05, 0) is 61.4 Å². The summed E-state index contributed by atoms with van der Waals surface area (Å²) in [5, 5.41) is 3.23. The number of benzene rings is 2. The lowest BCUT2D eigenvalue weighted by atomic mass is 9.99. The number of carbonyl (C=O) groups excluding carboxylic acids is 2. The quantitative estimate of drug-likeness (QED) is 0.452. The predicted molar refractivity (Wildman–Crippen MR) is 134 cm³/mol. The molecule has 0 aliphatic heterocycles. The van der Waals surface area contributed by atoms with Gasteiger partial charge in [0.05, 0.1) is 6.26 Å². The van der Waals surface area contributed by atoms with E-state index < -0.39 is 6.04 Å². The van der Waals surface area contributed by atoms with E-state index in [2.05, 4.69) is 37.4 Å². The van der Waals surface area contributed by atoms with E-state index in [1.807, 2.05) is 30.3 Å². The molecule has 2 amide bonds. The van der Waals surface area contributed by atoms with Gasteiger partial charge in [-0.3, -0.25) is 9.59 Å². The summed E-state index contributed by atoms with van der Waals surface area (Å²) in [6, 6.07) is 19.1. The summed E-state index contributed by atoms with van der Waals surface area (Å²) < 4.78 is 5.46. The molecular weight excluding hydrogens is 424 g/mol. The zero-order valence-corrected chi connectivity index (χ0v) is 20.1. The van der Waals surface area contributed by atoms with Crippen LogP contribution < -0.4 is 5.32 Å². The molecule has 1 aliphatic carbocycles. The minimum absolute atomic E-state index is 0.125. The highest BCUT2D eigenvalue weighted by atomic mass is 16.3. The van der Waals surface area contributed by atoms with Crippen molar-refractivity contribution in [2.45, 2.75) is 64.5 Å². The average Bonchev–Trinajstić information content (AvgIpc) is 3.56. The van der Waals surface area contributed by atoms with Gasteiger partial charge in [-0.2, -0.15) is 0 Å². The second-order valence-corrected chi connectivity index (χ2v) is 9.20. The van der Waals surface area contributed by atoms with E-state index in [1.54, 1.807) is 17.0 Å². The Balaban J connectivity index is 1.68. The molecule has 5 heteroatoms. The molecule has 1 saturated carbocycles. The molecule has 1 heterocycles. The van der Waals surface area contributed by atoms with Gasteiger partial charge in [0, 0.05) is 12.6 Å². The predicted octanol–water partition coefficient (Wildman–Crippen LogP) is 5.64. The lowest BCUT2D eigenvalue weighted by Gasteiger charge is -2.32. The van der Waals surface area contributed by atoms with Gasteiger partial charge in [-0.25, -0.2) is 0 Å². The maximum Gasteiger partial charge on any atom is 0.290 e. The highest BCUT2D eigenvalue weighted by molar-refractivity contribution is 5.96. The van der Waals surface area contributed by atoms with E-state index in [4.69, 9.17) is 4.42 Å². The lowest BCUT2D eigenvalue weighted by molar-refractivity contribution is -0.126. The molecular formula is C29H34N2O3. The number of nitrogens with one attached hydrogen (secondary N) is 1. The molecule has 1 N–H and O–H groups in total. The van der Waals surface area contributed by atoms with Gasteiger partial charge >= 0.3 is 0 Å². The van der Waals surface area contributed by atoms with Gasteiger partial charge < -0.3 is 14.6 Å². The fraction of sp³-hybridized carbons (Fsp3) is 0.379. The van der Waals surface area contributed by atoms with E-state index >= 15 is 0 Å². The van der Waals surface area contributed by atoms with Crippen molar-refractivity contribution < 1.29 is 14.0 Å². The zero-order chi connectivity index (χ0) is 23.9. The topological polar surface area (TPSA) is 62.6 Å². The Morgan fingerprint density at radius 1 is 1.03 bits per heavy atom. The molecule has 3 aromatic rings. The molecule has 178 valence electrons. The van der Waals surface area contributed by atoms with Crippen molar-refractivity contribution in [1.82, 2.24) is 10.2 Å². The number of nitrogens with zero attached hydrogens (tertiary/aromatic N) is 1. The van der Waals surface area contributed by atoms with E-state index in [0.717, 1.165) is 43.2 Å². The van der Waals surface area contributed by atoms with Gasteiger partial charge in [0.2, 0.25) is 5.91 Å². The fourth-order valence-corrected chi connectivity index (χ4v) is 4.77. The SMILES string of the molecule is CCc1ccc([C@@H](C(=O)NC2CCCC2)N(CCc2cccc(C)c2)C(=O)c2ccco2)cc1. The first-order chi connectivity index (χ1) is 16.5. The highest BCUT2D eigenvalue weighted by Gasteiger charge is 2.34. The Morgan fingerprint density at radius 2 is 1.79 bits per heavy atom. The summed E-state index contributed by atoms with van der Waals surface area (Å²) in [6.45, 7) is 4.57. The number of hydrogen-bond acceptors (Lipinski definition) is 3. The van der Waals surface area contributed by atoms with Gasteiger partial charge in [-0.1, -0.05) is 73.9 Å². The van der Waals surface area contributed by atoms with Crippen LogP contribution in [-0.2, 0) is 17.6 Å². The standard InChI is InChI=1S/C29H34N2O3/c1-3-22-13-15-24(16-14-22)27(28(32)30-25-10-4-5-11-25)31(29(33)26-12-7-19-34-26)18-17-23-9-6-8-21(2)20-23/h6-9,12-16,19-20,25,27H,3-5,10-11,17-18H2,1-2H3,(H,30,32)/t27-/m0/s1. The van der Waals surface area contributed by atoms with Crippen LogP contribution in [0.4, 0.5) is 0 Å². The number of hydrogen-bond donors (Lipinski definition) is 1. The summed E-state index contributed by atoms with van der Waals surface area (Å²) in [5.74, 6) is -0.155. The summed E-state index contributed by atoms with van der Waals surface area (Å²) in [7, 11) is 0. The molecule has 1 fully saturated rings. The number of furan rings is 1. The first-order valence-corrected chi connectivity index (χ1v) is 12.3. The summed E-state index contributed by atoms with van der Waals surface area (Å²) >= 11 is 0. The Morgan fingerprint density at radius 3 is 2.44 bits per heavy atom. The van der Waals surface area contributed by atoms with Crippen LogP contribution in [0.3, 0.4) is 0 Å². The fourth-order valence-electron chi connectivity index (χ4n) is 4.77. The number of rotatable bonds is 9. The first kappa shape index (κ1) is 23.8. The maximum absolute atomic E-state index is 13.7. The van der Waals surface area contributed by atoms with Crippen molar-refractivity contribution in [3.8, 4) is 0 Å². The summed E-state index contributed by atoms with van der Waals surface area (Å²) in [5.41, 5.74) is 4.32. The Hall–Kier alpha value is -3.34. The number of aryl methyl sites for hydroxylation is 2. The van der Waals surface area contributed by atoms with Crippen LogP contribution in [0.25, 0.3) is 0 Å². The van der Waals surface area contributed by atoms with Crippen LogP contribution in [0.5, 0.6) is 0 Å². The monoisotopic (exact) mass is 458 g/mol. The van der Waals surface area contributed by atoms with Crippen LogP contribution in [0, 0.1) is 6.92 Å². The molecule has 5 nitrogen and oxygen atoms in total. The molecule has 1 aliphatic rings. The number of amides is 2. The molecule has 4 rings (SSSR count). The molecule has 1 aromatic heterocycles. The zero-order valence-electron chi connectivity index (χ0n) is 20.1. The second kappa shape index (κ2) is 11.2. The van der Waals surface area contributed by atoms with E-state index in [-0.39, 0.29) is 23.6 Å². The Kier molecular flexibility index (Phi) is 7.84. The normalized spacial score (nSPS) is 14.6. The highest BCUT2D eigenvalue weighted by Crippen LogP contribution is 2.27. The van der Waals surface area contributed by atoms with Gasteiger partial charge in [0.15, 0.2) is 5.76 Å². The van der Waals surface area contributed by atoms with E-state index in [1.165, 1.54) is 17.4 Å². The molecule has 0 saturated heterocycles. The van der Waals surface area contributed by atoms with Crippen LogP contribution in [0.15, 0.2) is 71.3 Å². The molecule has 1 atom stereocenters. The summed E-state index contributed by atoms with van der Waals surface area (Å²) in [4.78, 5) is 29.0. The average molecular weight is 459 g/mol. The lowest BCUT2D eigenvalue weighted by Crippen LogP contribution is -2.46. The molecule has 0 spiro atoms. The molecule has 34 heavy (non-hydrogen) atoms. The van der Waals surface area contributed by atoms with Crippen molar-refractivity contribution in [2.24, 2.45) is 0 Å². The largest absolute Gasteiger partial charge is 0.459 e. The second-order valence-electron chi connectivity index (χ2n) is 9.20. The van der Waals surface area contributed by atoms with E-state index in [0.29, 0.717) is 13.0 Å². The molecule has 2 aromatic carbocycles. The third-order valence-corrected chi connectivity index (χ3v) is 6.68. The number of carbonyl (C=O) groups is 2. The van der Waals surface area contributed by atoms with Crippen LogP contribution in [0.2, 0.25) is 0 Å².